The van der Waals surface area contributed by atoms with Crippen LogP contribution in [0, 0.1) is 10.1 Å². The van der Waals surface area contributed by atoms with Crippen LogP contribution in [-0.4, -0.2) is 42.5 Å². The highest BCUT2D eigenvalue weighted by molar-refractivity contribution is 5.92. The highest BCUT2D eigenvalue weighted by atomic mass is 19.3. The molecule has 0 atom stereocenters. The van der Waals surface area contributed by atoms with Gasteiger partial charge < -0.3 is 14.4 Å². The number of likely N-dealkylation sites (tertiary alicyclic amines) is 1. The lowest BCUT2D eigenvalue weighted by atomic mass is 10.1. The average molecular weight is 356 g/mol. The van der Waals surface area contributed by atoms with Crippen molar-refractivity contribution in [2.75, 3.05) is 20.2 Å². The van der Waals surface area contributed by atoms with Crippen molar-refractivity contribution in [3.63, 3.8) is 0 Å². The van der Waals surface area contributed by atoms with E-state index in [2.05, 4.69) is 4.74 Å². The molecule has 2 rings (SSSR count). The molecule has 0 spiro atoms. The number of ether oxygens (including phenoxy) is 2. The third-order valence-corrected chi connectivity index (χ3v) is 3.80. The zero-order valence-electron chi connectivity index (χ0n) is 13.6. The van der Waals surface area contributed by atoms with Gasteiger partial charge in [-0.3, -0.25) is 14.9 Å². The maximum atomic E-state index is 12.4. The minimum Gasteiger partial charge on any atom is -0.493 e. The van der Waals surface area contributed by atoms with Gasteiger partial charge in [0.2, 0.25) is 5.91 Å². The Morgan fingerprint density at radius 2 is 1.96 bits per heavy atom. The van der Waals surface area contributed by atoms with Crippen LogP contribution in [0.15, 0.2) is 18.2 Å². The predicted octanol–water partition coefficient (Wildman–Crippen LogP) is 3.23. The van der Waals surface area contributed by atoms with Gasteiger partial charge in [-0.05, 0) is 31.4 Å². The molecule has 136 valence electrons. The van der Waals surface area contributed by atoms with Crippen molar-refractivity contribution in [1.82, 2.24) is 4.90 Å². The Morgan fingerprint density at radius 1 is 1.28 bits per heavy atom. The van der Waals surface area contributed by atoms with E-state index < -0.39 is 23.0 Å². The third-order valence-electron chi connectivity index (χ3n) is 3.80. The topological polar surface area (TPSA) is 81.9 Å². The molecular formula is C16H18F2N2O5. The molecule has 0 radical (unpaired) electrons. The highest BCUT2D eigenvalue weighted by Gasteiger charge is 2.21. The lowest BCUT2D eigenvalue weighted by Crippen LogP contribution is -2.34. The van der Waals surface area contributed by atoms with Crippen molar-refractivity contribution in [2.45, 2.75) is 25.9 Å². The Labute approximate surface area is 143 Å². The molecule has 0 aliphatic carbocycles. The maximum Gasteiger partial charge on any atom is 0.387 e. The first-order valence-corrected chi connectivity index (χ1v) is 7.70. The molecule has 1 fully saturated rings. The van der Waals surface area contributed by atoms with E-state index in [4.69, 9.17) is 4.74 Å². The number of piperidine rings is 1. The van der Waals surface area contributed by atoms with Crippen molar-refractivity contribution in [2.24, 2.45) is 0 Å². The van der Waals surface area contributed by atoms with Gasteiger partial charge in [0.15, 0.2) is 11.5 Å². The fraction of sp³-hybridized carbons (Fsp3) is 0.438. The van der Waals surface area contributed by atoms with Crippen molar-refractivity contribution < 1.29 is 28.0 Å². The van der Waals surface area contributed by atoms with Crippen LogP contribution in [0.1, 0.15) is 24.8 Å². The van der Waals surface area contributed by atoms with Gasteiger partial charge in [-0.15, -0.1) is 0 Å². The van der Waals surface area contributed by atoms with Gasteiger partial charge in [0.25, 0.3) is 5.69 Å². The van der Waals surface area contributed by atoms with Crippen LogP contribution in [0.5, 0.6) is 11.5 Å². The zero-order chi connectivity index (χ0) is 18.4. The lowest BCUT2D eigenvalue weighted by molar-refractivity contribution is -0.385. The smallest absolute Gasteiger partial charge is 0.387 e. The number of amides is 1. The van der Waals surface area contributed by atoms with Crippen molar-refractivity contribution in [3.05, 3.63) is 33.9 Å². The molecule has 0 bridgehead atoms. The Kier molecular flexibility index (Phi) is 6.26. The van der Waals surface area contributed by atoms with Gasteiger partial charge in [-0.25, -0.2) is 0 Å². The van der Waals surface area contributed by atoms with E-state index in [1.165, 1.54) is 25.3 Å². The first kappa shape index (κ1) is 18.6. The number of alkyl halides is 2. The number of methoxy groups -OCH3 is 1. The summed E-state index contributed by atoms with van der Waals surface area (Å²) in [5, 5.41) is 11.2. The molecule has 25 heavy (non-hydrogen) atoms. The number of nitro groups is 1. The molecule has 1 aromatic carbocycles. The fourth-order valence-corrected chi connectivity index (χ4v) is 2.58. The van der Waals surface area contributed by atoms with Crippen LogP contribution < -0.4 is 9.47 Å². The number of halogens is 2. The van der Waals surface area contributed by atoms with Crippen LogP contribution in [0.25, 0.3) is 6.08 Å². The standard InChI is InChI=1S/C16H18F2N2O5/c1-24-13-9-11(5-6-15(21)19-7-3-2-4-8-19)12(20(22)23)10-14(13)25-16(17)18/h5-6,9-10,16H,2-4,7-8H2,1H3. The quantitative estimate of drug-likeness (QED) is 0.444. The number of hydrogen-bond donors (Lipinski definition) is 0. The van der Waals surface area contributed by atoms with Crippen molar-refractivity contribution >= 4 is 17.7 Å². The molecule has 1 heterocycles. The number of benzene rings is 1. The van der Waals surface area contributed by atoms with Crippen LogP contribution in [0.2, 0.25) is 0 Å². The van der Waals surface area contributed by atoms with Crippen LogP contribution in [0.3, 0.4) is 0 Å². The molecule has 7 nitrogen and oxygen atoms in total. The minimum atomic E-state index is -3.14. The van der Waals surface area contributed by atoms with E-state index in [1.807, 2.05) is 0 Å². The second kappa shape index (κ2) is 8.41. The molecule has 1 amide bonds. The highest BCUT2D eigenvalue weighted by Crippen LogP contribution is 2.36. The van der Waals surface area contributed by atoms with Gasteiger partial charge in [0.05, 0.1) is 23.7 Å². The first-order valence-electron chi connectivity index (χ1n) is 7.70. The molecule has 1 aromatic rings. The van der Waals surface area contributed by atoms with E-state index in [-0.39, 0.29) is 17.2 Å². The van der Waals surface area contributed by atoms with Crippen LogP contribution in [-0.2, 0) is 4.79 Å². The average Bonchev–Trinajstić information content (AvgIpc) is 2.60. The predicted molar refractivity (Wildman–Crippen MR) is 85.7 cm³/mol. The monoisotopic (exact) mass is 356 g/mol. The zero-order valence-corrected chi connectivity index (χ0v) is 13.6. The number of nitro benzene ring substituents is 1. The number of rotatable bonds is 6. The lowest BCUT2D eigenvalue weighted by Gasteiger charge is -2.25. The number of nitrogens with zero attached hydrogens (tertiary/aromatic N) is 2. The molecule has 0 saturated carbocycles. The summed E-state index contributed by atoms with van der Waals surface area (Å²) in [5.41, 5.74) is -0.395. The van der Waals surface area contributed by atoms with E-state index in [1.54, 1.807) is 4.90 Å². The summed E-state index contributed by atoms with van der Waals surface area (Å²) in [6, 6.07) is 2.05. The summed E-state index contributed by atoms with van der Waals surface area (Å²) in [5.74, 6) is -0.777. The number of hydrogen-bond acceptors (Lipinski definition) is 5. The molecule has 0 N–H and O–H groups in total. The largest absolute Gasteiger partial charge is 0.493 e. The number of carbonyl (C=O) groups is 1. The SMILES string of the molecule is COc1cc(C=CC(=O)N2CCCCC2)c([N+](=O)[O-])cc1OC(F)F. The molecule has 0 unspecified atom stereocenters. The summed E-state index contributed by atoms with van der Waals surface area (Å²) < 4.78 is 34.0. The fourth-order valence-electron chi connectivity index (χ4n) is 2.58. The third kappa shape index (κ3) is 4.88. The molecule has 1 saturated heterocycles. The van der Waals surface area contributed by atoms with Gasteiger partial charge in [0, 0.05) is 19.2 Å². The van der Waals surface area contributed by atoms with Gasteiger partial charge in [-0.1, -0.05) is 0 Å². The summed E-state index contributed by atoms with van der Waals surface area (Å²) in [7, 11) is 1.23. The summed E-state index contributed by atoms with van der Waals surface area (Å²) in [6.07, 6.45) is 5.44. The Hall–Kier alpha value is -2.71. The Balaban J connectivity index is 2.30. The van der Waals surface area contributed by atoms with E-state index in [0.717, 1.165) is 25.3 Å². The molecule has 0 aromatic heterocycles. The first-order chi connectivity index (χ1) is 11.9. The molecule has 1 aliphatic heterocycles. The van der Waals surface area contributed by atoms with Gasteiger partial charge >= 0.3 is 6.61 Å². The van der Waals surface area contributed by atoms with E-state index in [9.17, 15) is 23.7 Å². The maximum absolute atomic E-state index is 12.4. The van der Waals surface area contributed by atoms with Gasteiger partial charge in [-0.2, -0.15) is 8.78 Å². The minimum absolute atomic E-state index is 0.0637. The summed E-state index contributed by atoms with van der Waals surface area (Å²) in [4.78, 5) is 24.3. The Bertz CT molecular complexity index is 673. The second-order valence-corrected chi connectivity index (χ2v) is 5.42. The molecule has 9 heteroatoms. The normalized spacial score (nSPS) is 14.8. The van der Waals surface area contributed by atoms with Crippen molar-refractivity contribution in [1.29, 1.82) is 0 Å². The van der Waals surface area contributed by atoms with E-state index in [0.29, 0.717) is 13.1 Å². The van der Waals surface area contributed by atoms with E-state index >= 15 is 0 Å². The van der Waals surface area contributed by atoms with Crippen LogP contribution >= 0.6 is 0 Å². The van der Waals surface area contributed by atoms with Crippen molar-refractivity contribution in [3.8, 4) is 11.5 Å². The molecule has 1 aliphatic rings. The number of carbonyl (C=O) groups excluding carboxylic acids is 1. The molecular weight excluding hydrogens is 338 g/mol. The van der Waals surface area contributed by atoms with Crippen LogP contribution in [0.4, 0.5) is 14.5 Å². The van der Waals surface area contributed by atoms with Gasteiger partial charge in [0.1, 0.15) is 0 Å². The Morgan fingerprint density at radius 3 is 2.52 bits per heavy atom. The second-order valence-electron chi connectivity index (χ2n) is 5.42. The summed E-state index contributed by atoms with van der Waals surface area (Å²) >= 11 is 0. The summed E-state index contributed by atoms with van der Waals surface area (Å²) in [6.45, 7) is -1.85.